The maximum Gasteiger partial charge on any atom is 0.155 e. The van der Waals surface area contributed by atoms with Gasteiger partial charge in [0.05, 0.1) is 10.6 Å². The van der Waals surface area contributed by atoms with Crippen molar-refractivity contribution in [3.8, 4) is 5.75 Å². The van der Waals surface area contributed by atoms with Crippen molar-refractivity contribution in [2.45, 2.75) is 0 Å². The van der Waals surface area contributed by atoms with Gasteiger partial charge in [-0.3, -0.25) is 4.79 Å². The predicted molar refractivity (Wildman–Crippen MR) is 57.3 cm³/mol. The van der Waals surface area contributed by atoms with Crippen LogP contribution in [0.5, 0.6) is 5.75 Å². The van der Waals surface area contributed by atoms with Crippen molar-refractivity contribution < 1.29 is 9.53 Å². The van der Waals surface area contributed by atoms with Crippen molar-refractivity contribution in [3.63, 3.8) is 0 Å². The lowest BCUT2D eigenvalue weighted by atomic mass is 10.2. The van der Waals surface area contributed by atoms with Crippen molar-refractivity contribution in [2.24, 2.45) is 0 Å². The summed E-state index contributed by atoms with van der Waals surface area (Å²) in [5.74, 6) is 0.411. The van der Waals surface area contributed by atoms with Crippen LogP contribution in [0.3, 0.4) is 0 Å². The van der Waals surface area contributed by atoms with Gasteiger partial charge in [0.15, 0.2) is 6.29 Å². The van der Waals surface area contributed by atoms with Crippen LogP contribution in [0, 0.1) is 0 Å². The summed E-state index contributed by atoms with van der Waals surface area (Å²) >= 11 is 11.3. The van der Waals surface area contributed by atoms with Crippen LogP contribution >= 0.6 is 23.2 Å². The minimum Gasteiger partial charge on any atom is -0.487 e. The average Bonchev–Trinajstić information content (AvgIpc) is 2.14. The maximum absolute atomic E-state index is 10.7. The van der Waals surface area contributed by atoms with E-state index in [2.05, 4.69) is 6.58 Å². The highest BCUT2D eigenvalue weighted by molar-refractivity contribution is 6.33. The Balaban J connectivity index is 2.90. The van der Waals surface area contributed by atoms with Gasteiger partial charge in [0.1, 0.15) is 12.4 Å². The second-order valence-corrected chi connectivity index (χ2v) is 3.52. The molecule has 74 valence electrons. The van der Waals surface area contributed by atoms with E-state index in [9.17, 15) is 4.79 Å². The molecule has 0 N–H and O–H groups in total. The Hall–Kier alpha value is -0.990. The lowest BCUT2D eigenvalue weighted by molar-refractivity contribution is 0.112. The molecule has 0 spiro atoms. The van der Waals surface area contributed by atoms with E-state index in [4.69, 9.17) is 27.9 Å². The Kier molecular flexibility index (Phi) is 3.98. The van der Waals surface area contributed by atoms with Crippen LogP contribution < -0.4 is 4.74 Å². The largest absolute Gasteiger partial charge is 0.487 e. The first kappa shape index (κ1) is 11.1. The van der Waals surface area contributed by atoms with Crippen LogP contribution in [0.25, 0.3) is 0 Å². The summed E-state index contributed by atoms with van der Waals surface area (Å²) in [5, 5.41) is 0.722. The summed E-state index contributed by atoms with van der Waals surface area (Å²) in [6, 6.07) is 4.96. The molecule has 2 nitrogen and oxygen atoms in total. The zero-order valence-corrected chi connectivity index (χ0v) is 8.81. The third-order valence-electron chi connectivity index (χ3n) is 1.52. The minimum absolute atomic E-state index is 0.155. The van der Waals surface area contributed by atoms with Crippen LogP contribution in [-0.4, -0.2) is 12.9 Å². The zero-order valence-electron chi connectivity index (χ0n) is 7.30. The average molecular weight is 231 g/mol. The second-order valence-electron chi connectivity index (χ2n) is 2.58. The molecule has 0 radical (unpaired) electrons. The molecule has 0 aromatic heterocycles. The molecule has 4 heteroatoms. The van der Waals surface area contributed by atoms with Crippen LogP contribution in [-0.2, 0) is 0 Å². The van der Waals surface area contributed by atoms with Gasteiger partial charge in [-0.2, -0.15) is 0 Å². The lowest BCUT2D eigenvalue weighted by Crippen LogP contribution is -1.99. The summed E-state index contributed by atoms with van der Waals surface area (Å²) < 4.78 is 5.22. The first-order chi connectivity index (χ1) is 6.65. The Bertz CT molecular complexity index is 361. The SMILES string of the molecule is C=C(Cl)COc1cccc(Cl)c1C=O. The fraction of sp³-hybridized carbons (Fsp3) is 0.100. The molecule has 0 saturated heterocycles. The Labute approximate surface area is 92.1 Å². The Morgan fingerprint density at radius 1 is 1.57 bits per heavy atom. The molecule has 0 atom stereocenters. The van der Waals surface area contributed by atoms with Gasteiger partial charge in [-0.1, -0.05) is 35.8 Å². The van der Waals surface area contributed by atoms with Crippen LogP contribution in [0.15, 0.2) is 29.8 Å². The van der Waals surface area contributed by atoms with Crippen molar-refractivity contribution >= 4 is 29.5 Å². The number of benzene rings is 1. The lowest BCUT2D eigenvalue weighted by Gasteiger charge is -2.07. The van der Waals surface area contributed by atoms with Crippen molar-refractivity contribution in [1.29, 1.82) is 0 Å². The molecule has 0 amide bonds. The van der Waals surface area contributed by atoms with Crippen molar-refractivity contribution in [1.82, 2.24) is 0 Å². The summed E-state index contributed by atoms with van der Waals surface area (Å²) in [6.07, 6.45) is 0.647. The summed E-state index contributed by atoms with van der Waals surface area (Å²) in [7, 11) is 0. The molecule has 0 aliphatic carbocycles. The monoisotopic (exact) mass is 230 g/mol. The first-order valence-electron chi connectivity index (χ1n) is 3.85. The van der Waals surface area contributed by atoms with Crippen LogP contribution in [0.2, 0.25) is 5.02 Å². The number of hydrogen-bond donors (Lipinski definition) is 0. The number of halogens is 2. The van der Waals surface area contributed by atoms with Gasteiger partial charge in [-0.15, -0.1) is 0 Å². The topological polar surface area (TPSA) is 26.3 Å². The third kappa shape index (κ3) is 2.76. The highest BCUT2D eigenvalue weighted by Crippen LogP contribution is 2.24. The summed E-state index contributed by atoms with van der Waals surface area (Å²) in [5.41, 5.74) is 0.326. The predicted octanol–water partition coefficient (Wildman–Crippen LogP) is 3.28. The number of hydrogen-bond acceptors (Lipinski definition) is 2. The van der Waals surface area contributed by atoms with E-state index in [0.29, 0.717) is 27.7 Å². The molecule has 1 aromatic rings. The number of ether oxygens (including phenoxy) is 1. The van der Waals surface area contributed by atoms with Gasteiger partial charge in [0.2, 0.25) is 0 Å². The number of carbonyl (C=O) groups excluding carboxylic acids is 1. The fourth-order valence-corrected chi connectivity index (χ4v) is 1.18. The van der Waals surface area contributed by atoms with E-state index in [1.807, 2.05) is 0 Å². The zero-order chi connectivity index (χ0) is 10.6. The number of rotatable bonds is 4. The quantitative estimate of drug-likeness (QED) is 0.743. The molecule has 1 aromatic carbocycles. The van der Waals surface area contributed by atoms with Gasteiger partial charge in [0.25, 0.3) is 0 Å². The second kappa shape index (κ2) is 5.03. The van der Waals surface area contributed by atoms with E-state index in [0.717, 1.165) is 0 Å². The van der Waals surface area contributed by atoms with E-state index in [-0.39, 0.29) is 6.61 Å². The van der Waals surface area contributed by atoms with E-state index >= 15 is 0 Å². The molecular formula is C10H8Cl2O2. The van der Waals surface area contributed by atoms with Gasteiger partial charge in [-0.05, 0) is 12.1 Å². The first-order valence-corrected chi connectivity index (χ1v) is 4.60. The maximum atomic E-state index is 10.7. The number of carbonyl (C=O) groups is 1. The van der Waals surface area contributed by atoms with E-state index in [1.54, 1.807) is 18.2 Å². The highest BCUT2D eigenvalue weighted by Gasteiger charge is 2.06. The molecule has 0 aliphatic heterocycles. The molecular weight excluding hydrogens is 223 g/mol. The summed E-state index contributed by atoms with van der Waals surface area (Å²) in [4.78, 5) is 10.7. The van der Waals surface area contributed by atoms with Gasteiger partial charge in [0, 0.05) is 5.03 Å². The standard InChI is InChI=1S/C10H8Cl2O2/c1-7(11)6-14-10-4-2-3-9(12)8(10)5-13/h2-5H,1,6H2. The van der Waals surface area contributed by atoms with Gasteiger partial charge < -0.3 is 4.74 Å². The third-order valence-corrected chi connectivity index (χ3v) is 1.95. The molecule has 0 unspecified atom stereocenters. The van der Waals surface area contributed by atoms with Crippen LogP contribution in [0.4, 0.5) is 0 Å². The Morgan fingerprint density at radius 2 is 2.29 bits per heavy atom. The molecule has 0 heterocycles. The molecule has 0 bridgehead atoms. The van der Waals surface area contributed by atoms with E-state index < -0.39 is 0 Å². The van der Waals surface area contributed by atoms with Gasteiger partial charge >= 0.3 is 0 Å². The minimum atomic E-state index is 0.155. The molecule has 0 fully saturated rings. The van der Waals surface area contributed by atoms with E-state index in [1.165, 1.54) is 0 Å². The Morgan fingerprint density at radius 3 is 2.86 bits per heavy atom. The highest BCUT2D eigenvalue weighted by atomic mass is 35.5. The molecule has 0 aliphatic rings. The molecule has 1 rings (SSSR count). The number of aldehydes is 1. The normalized spacial score (nSPS) is 9.57. The smallest absolute Gasteiger partial charge is 0.155 e. The fourth-order valence-electron chi connectivity index (χ4n) is 0.914. The van der Waals surface area contributed by atoms with Crippen molar-refractivity contribution in [3.05, 3.63) is 40.4 Å². The van der Waals surface area contributed by atoms with Gasteiger partial charge in [-0.25, -0.2) is 0 Å². The van der Waals surface area contributed by atoms with Crippen molar-refractivity contribution in [2.75, 3.05) is 6.61 Å². The van der Waals surface area contributed by atoms with Crippen LogP contribution in [0.1, 0.15) is 10.4 Å². The molecule has 14 heavy (non-hydrogen) atoms. The molecule has 0 saturated carbocycles. The summed E-state index contributed by atoms with van der Waals surface area (Å²) in [6.45, 7) is 3.62.